The molecule has 0 aliphatic heterocycles. The van der Waals surface area contributed by atoms with Crippen LogP contribution in [-0.2, 0) is 0 Å². The molecule has 0 radical (unpaired) electrons. The van der Waals surface area contributed by atoms with E-state index in [9.17, 15) is 0 Å². The van der Waals surface area contributed by atoms with E-state index in [1.54, 1.807) is 0 Å². The van der Waals surface area contributed by atoms with E-state index in [-0.39, 0.29) is 7.43 Å². The summed E-state index contributed by atoms with van der Waals surface area (Å²) >= 11 is 0. The molecule has 0 saturated carbocycles. The van der Waals surface area contributed by atoms with Crippen molar-refractivity contribution >= 4 is 0 Å². The molecule has 0 aliphatic carbocycles. The average Bonchev–Trinajstić information content (AvgIpc) is 1.88. The van der Waals surface area contributed by atoms with Crippen molar-refractivity contribution in [2.45, 2.75) is 34.1 Å². The van der Waals surface area contributed by atoms with E-state index in [0.717, 1.165) is 5.69 Å². The average molecular weight is 151 g/mol. The Labute approximate surface area is 69.5 Å². The number of aromatic nitrogens is 1. The van der Waals surface area contributed by atoms with Crippen molar-refractivity contribution in [2.24, 2.45) is 0 Å². The predicted octanol–water partition coefficient (Wildman–Crippen LogP) is 3.15. The van der Waals surface area contributed by atoms with Crippen LogP contribution in [0.15, 0.2) is 18.3 Å². The smallest absolute Gasteiger partial charge is 0.0375 e. The quantitative estimate of drug-likeness (QED) is 0.601. The summed E-state index contributed by atoms with van der Waals surface area (Å²) in [4.78, 5) is 4.12. The summed E-state index contributed by atoms with van der Waals surface area (Å²) in [7, 11) is 0. The minimum absolute atomic E-state index is 0. The van der Waals surface area contributed by atoms with E-state index < -0.39 is 0 Å². The Hall–Kier alpha value is -0.850. The van der Waals surface area contributed by atoms with Crippen molar-refractivity contribution in [3.05, 3.63) is 29.6 Å². The minimum Gasteiger partial charge on any atom is -0.262 e. The van der Waals surface area contributed by atoms with Gasteiger partial charge in [-0.05, 0) is 30.5 Å². The highest BCUT2D eigenvalue weighted by Crippen LogP contribution is 2.12. The van der Waals surface area contributed by atoms with Crippen LogP contribution in [0.25, 0.3) is 0 Å². The lowest BCUT2D eigenvalue weighted by atomic mass is 10.0. The monoisotopic (exact) mass is 151 g/mol. The third-order valence-electron chi connectivity index (χ3n) is 1.59. The molecule has 0 unspecified atom stereocenters. The van der Waals surface area contributed by atoms with Crippen LogP contribution in [0.3, 0.4) is 0 Å². The van der Waals surface area contributed by atoms with E-state index in [2.05, 4.69) is 31.0 Å². The summed E-state index contributed by atoms with van der Waals surface area (Å²) in [6.45, 7) is 6.40. The van der Waals surface area contributed by atoms with E-state index in [4.69, 9.17) is 0 Å². The fourth-order valence-electron chi connectivity index (χ4n) is 0.927. The van der Waals surface area contributed by atoms with Crippen molar-refractivity contribution < 1.29 is 0 Å². The van der Waals surface area contributed by atoms with E-state index in [1.165, 1.54) is 5.56 Å². The molecule has 1 heteroatoms. The Kier molecular flexibility index (Phi) is 3.80. The second-order valence-corrected chi connectivity index (χ2v) is 2.89. The normalized spacial score (nSPS) is 9.45. The molecule has 1 heterocycles. The van der Waals surface area contributed by atoms with E-state index in [0.29, 0.717) is 5.92 Å². The van der Waals surface area contributed by atoms with Gasteiger partial charge in [-0.2, -0.15) is 0 Å². The highest BCUT2D eigenvalue weighted by atomic mass is 14.6. The molecule has 62 valence electrons. The van der Waals surface area contributed by atoms with Crippen molar-refractivity contribution in [1.29, 1.82) is 0 Å². The summed E-state index contributed by atoms with van der Waals surface area (Å²) in [6, 6.07) is 4.20. The first kappa shape index (κ1) is 10.2. The molecule has 0 amide bonds. The maximum atomic E-state index is 4.12. The van der Waals surface area contributed by atoms with Gasteiger partial charge in [0.2, 0.25) is 0 Å². The van der Waals surface area contributed by atoms with Crippen molar-refractivity contribution in [3.8, 4) is 0 Å². The van der Waals surface area contributed by atoms with Gasteiger partial charge in [-0.15, -0.1) is 0 Å². The molecule has 0 bridgehead atoms. The van der Waals surface area contributed by atoms with Crippen molar-refractivity contribution in [3.63, 3.8) is 0 Å². The Morgan fingerprint density at radius 2 is 2.00 bits per heavy atom. The number of nitrogens with zero attached hydrogens (tertiary/aromatic N) is 1. The first-order valence-electron chi connectivity index (χ1n) is 3.62. The second kappa shape index (κ2) is 4.12. The van der Waals surface area contributed by atoms with Crippen LogP contribution in [0.1, 0.15) is 38.4 Å². The SMILES string of the molecule is C.Cc1cc(C(C)C)ccn1. The lowest BCUT2D eigenvalue weighted by molar-refractivity contribution is 0.859. The molecule has 0 aliphatic rings. The van der Waals surface area contributed by atoms with Crippen LogP contribution in [0.5, 0.6) is 0 Å². The maximum absolute atomic E-state index is 4.12. The lowest BCUT2D eigenvalue weighted by Gasteiger charge is -2.03. The molecule has 0 spiro atoms. The molecule has 1 rings (SSSR count). The van der Waals surface area contributed by atoms with Gasteiger partial charge in [-0.3, -0.25) is 4.98 Å². The Bertz CT molecular complexity index is 216. The van der Waals surface area contributed by atoms with Gasteiger partial charge in [0.05, 0.1) is 0 Å². The minimum atomic E-state index is 0. The number of hydrogen-bond donors (Lipinski definition) is 0. The number of hydrogen-bond acceptors (Lipinski definition) is 1. The van der Waals surface area contributed by atoms with Gasteiger partial charge < -0.3 is 0 Å². The topological polar surface area (TPSA) is 12.9 Å². The van der Waals surface area contributed by atoms with Crippen LogP contribution in [-0.4, -0.2) is 4.98 Å². The first-order valence-corrected chi connectivity index (χ1v) is 3.62. The summed E-state index contributed by atoms with van der Waals surface area (Å²) in [6.07, 6.45) is 1.87. The van der Waals surface area contributed by atoms with Crippen LogP contribution in [0, 0.1) is 6.92 Å². The predicted molar refractivity (Wildman–Crippen MR) is 49.8 cm³/mol. The molecule has 1 aromatic rings. The first-order chi connectivity index (χ1) is 4.70. The van der Waals surface area contributed by atoms with Crippen LogP contribution in [0.2, 0.25) is 0 Å². The third kappa shape index (κ3) is 2.71. The molecule has 0 aromatic carbocycles. The van der Waals surface area contributed by atoms with E-state index >= 15 is 0 Å². The van der Waals surface area contributed by atoms with Crippen molar-refractivity contribution in [2.75, 3.05) is 0 Å². The Balaban J connectivity index is 0.000001000. The molecule has 1 nitrogen and oxygen atoms in total. The van der Waals surface area contributed by atoms with Crippen LogP contribution < -0.4 is 0 Å². The van der Waals surface area contributed by atoms with Crippen molar-refractivity contribution in [1.82, 2.24) is 4.98 Å². The molecule has 0 saturated heterocycles. The maximum Gasteiger partial charge on any atom is 0.0375 e. The molecule has 0 fully saturated rings. The largest absolute Gasteiger partial charge is 0.262 e. The molecular weight excluding hydrogens is 134 g/mol. The molecule has 0 atom stereocenters. The second-order valence-electron chi connectivity index (χ2n) is 2.89. The van der Waals surface area contributed by atoms with Gasteiger partial charge in [0, 0.05) is 11.9 Å². The number of rotatable bonds is 1. The van der Waals surface area contributed by atoms with Gasteiger partial charge in [0.1, 0.15) is 0 Å². The molecule has 0 N–H and O–H groups in total. The fourth-order valence-corrected chi connectivity index (χ4v) is 0.927. The highest BCUT2D eigenvalue weighted by Gasteiger charge is 1.96. The van der Waals surface area contributed by atoms with Gasteiger partial charge in [0.15, 0.2) is 0 Å². The fraction of sp³-hybridized carbons (Fsp3) is 0.500. The zero-order valence-corrected chi connectivity index (χ0v) is 6.76. The number of aryl methyl sites for hydroxylation is 1. The summed E-state index contributed by atoms with van der Waals surface area (Å²) in [5, 5.41) is 0. The summed E-state index contributed by atoms with van der Waals surface area (Å²) < 4.78 is 0. The van der Waals surface area contributed by atoms with Crippen LogP contribution in [0.4, 0.5) is 0 Å². The van der Waals surface area contributed by atoms with Gasteiger partial charge in [-0.1, -0.05) is 21.3 Å². The Morgan fingerprint density at radius 1 is 1.36 bits per heavy atom. The number of pyridine rings is 1. The lowest BCUT2D eigenvalue weighted by Crippen LogP contribution is -1.88. The highest BCUT2D eigenvalue weighted by molar-refractivity contribution is 5.18. The summed E-state index contributed by atoms with van der Waals surface area (Å²) in [5.74, 6) is 0.613. The molecular formula is C10H17N. The van der Waals surface area contributed by atoms with E-state index in [1.807, 2.05) is 13.1 Å². The molecule has 11 heavy (non-hydrogen) atoms. The zero-order chi connectivity index (χ0) is 7.56. The van der Waals surface area contributed by atoms with Gasteiger partial charge in [0.25, 0.3) is 0 Å². The van der Waals surface area contributed by atoms with Crippen LogP contribution >= 0.6 is 0 Å². The standard InChI is InChI=1S/C9H13N.CH4/c1-7(2)9-4-5-10-8(3)6-9;/h4-7H,1-3H3;1H4. The summed E-state index contributed by atoms with van der Waals surface area (Å²) in [5.41, 5.74) is 2.47. The van der Waals surface area contributed by atoms with Gasteiger partial charge >= 0.3 is 0 Å². The zero-order valence-electron chi connectivity index (χ0n) is 6.76. The Morgan fingerprint density at radius 3 is 2.36 bits per heavy atom. The third-order valence-corrected chi connectivity index (χ3v) is 1.59. The van der Waals surface area contributed by atoms with Gasteiger partial charge in [-0.25, -0.2) is 0 Å². The molecule has 1 aromatic heterocycles.